The average Bonchev–Trinajstić information content (AvgIpc) is 2.88. The molecule has 1 aliphatic heterocycles. The number of amides is 1. The van der Waals surface area contributed by atoms with Gasteiger partial charge in [-0.25, -0.2) is 0 Å². The summed E-state index contributed by atoms with van der Waals surface area (Å²) < 4.78 is 6.05. The minimum Gasteiger partial charge on any atom is -0.486 e. The summed E-state index contributed by atoms with van der Waals surface area (Å²) in [6.45, 7) is 9.54. The van der Waals surface area contributed by atoms with Crippen molar-refractivity contribution in [1.82, 2.24) is 4.90 Å². The molecule has 4 nitrogen and oxygen atoms in total. The molecular formula is C20H28N2O2. The number of ether oxygens (including phenoxy) is 1. The topological polar surface area (TPSA) is 53.3 Å². The van der Waals surface area contributed by atoms with Gasteiger partial charge >= 0.3 is 0 Å². The summed E-state index contributed by atoms with van der Waals surface area (Å²) in [6.07, 6.45) is 3.23. The van der Waals surface area contributed by atoms with Gasteiger partial charge in [0, 0.05) is 19.5 Å². The van der Waals surface area contributed by atoms with Crippen LogP contribution in [0.1, 0.15) is 62.9 Å². The zero-order valence-electron chi connectivity index (χ0n) is 15.3. The van der Waals surface area contributed by atoms with Crippen LogP contribution in [0.2, 0.25) is 0 Å². The van der Waals surface area contributed by atoms with E-state index in [1.807, 2.05) is 36.9 Å². The van der Waals surface area contributed by atoms with Gasteiger partial charge < -0.3 is 9.64 Å². The first-order valence-corrected chi connectivity index (χ1v) is 8.89. The molecule has 0 aliphatic carbocycles. The summed E-state index contributed by atoms with van der Waals surface area (Å²) in [6, 6.07) is 7.95. The van der Waals surface area contributed by atoms with Gasteiger partial charge in [0.25, 0.3) is 5.91 Å². The molecule has 0 spiro atoms. The van der Waals surface area contributed by atoms with Crippen molar-refractivity contribution in [2.45, 2.75) is 59.0 Å². The Kier molecular flexibility index (Phi) is 5.88. The molecule has 2 rings (SSSR count). The molecule has 1 aromatic rings. The molecule has 0 saturated heterocycles. The Bertz CT molecular complexity index is 627. The Morgan fingerprint density at radius 2 is 2.08 bits per heavy atom. The molecule has 24 heavy (non-hydrogen) atoms. The van der Waals surface area contributed by atoms with Crippen LogP contribution < -0.4 is 4.74 Å². The zero-order chi connectivity index (χ0) is 17.7. The summed E-state index contributed by atoms with van der Waals surface area (Å²) in [5.41, 5.74) is 1.45. The van der Waals surface area contributed by atoms with Crippen LogP contribution >= 0.6 is 0 Å². The third kappa shape index (κ3) is 4.08. The van der Waals surface area contributed by atoms with E-state index in [4.69, 9.17) is 10.00 Å². The first-order chi connectivity index (χ1) is 11.4. The van der Waals surface area contributed by atoms with Crippen LogP contribution in [-0.4, -0.2) is 29.5 Å². The molecule has 0 fully saturated rings. The summed E-state index contributed by atoms with van der Waals surface area (Å²) in [7, 11) is 0. The van der Waals surface area contributed by atoms with Crippen LogP contribution in [0.5, 0.6) is 5.75 Å². The minimum absolute atomic E-state index is 0.0216. The maximum atomic E-state index is 13.1. The highest BCUT2D eigenvalue weighted by molar-refractivity contribution is 5.97. The van der Waals surface area contributed by atoms with E-state index >= 15 is 0 Å². The fourth-order valence-electron chi connectivity index (χ4n) is 3.27. The molecule has 0 bridgehead atoms. The van der Waals surface area contributed by atoms with Gasteiger partial charge in [-0.05, 0) is 31.4 Å². The SMILES string of the molecule is CCC(CC)CN(CCC#N)C(=O)c1cccc2c1OC(C)(C)C2. The van der Waals surface area contributed by atoms with Gasteiger partial charge in [0.05, 0.1) is 18.1 Å². The van der Waals surface area contributed by atoms with Crippen molar-refractivity contribution in [3.63, 3.8) is 0 Å². The molecule has 0 aromatic heterocycles. The van der Waals surface area contributed by atoms with E-state index in [0.717, 1.165) is 30.6 Å². The van der Waals surface area contributed by atoms with E-state index in [1.165, 1.54) is 0 Å². The fraction of sp³-hybridized carbons (Fsp3) is 0.600. The van der Waals surface area contributed by atoms with Crippen LogP contribution in [0, 0.1) is 17.2 Å². The zero-order valence-corrected chi connectivity index (χ0v) is 15.3. The van der Waals surface area contributed by atoms with Crippen LogP contribution in [0.25, 0.3) is 0 Å². The summed E-state index contributed by atoms with van der Waals surface area (Å²) in [5, 5.41) is 8.93. The third-order valence-corrected chi connectivity index (χ3v) is 4.74. The predicted octanol–water partition coefficient (Wildman–Crippen LogP) is 4.19. The normalized spacial score (nSPS) is 14.8. The molecule has 1 aromatic carbocycles. The number of benzene rings is 1. The van der Waals surface area contributed by atoms with Crippen molar-refractivity contribution in [3.05, 3.63) is 29.3 Å². The highest BCUT2D eigenvalue weighted by Gasteiger charge is 2.34. The van der Waals surface area contributed by atoms with Gasteiger partial charge in [0.1, 0.15) is 11.4 Å². The van der Waals surface area contributed by atoms with Gasteiger partial charge in [-0.15, -0.1) is 0 Å². The number of carbonyl (C=O) groups excluding carboxylic acids is 1. The second kappa shape index (κ2) is 7.70. The molecule has 4 heteroatoms. The molecule has 1 amide bonds. The fourth-order valence-corrected chi connectivity index (χ4v) is 3.27. The highest BCUT2D eigenvalue weighted by Crippen LogP contribution is 2.38. The van der Waals surface area contributed by atoms with Crippen molar-refractivity contribution in [3.8, 4) is 11.8 Å². The Labute approximate surface area is 145 Å². The summed E-state index contributed by atoms with van der Waals surface area (Å²) in [5.74, 6) is 1.16. The van der Waals surface area contributed by atoms with E-state index in [0.29, 0.717) is 31.0 Å². The van der Waals surface area contributed by atoms with Crippen LogP contribution in [0.3, 0.4) is 0 Å². The number of hydrogen-bond acceptors (Lipinski definition) is 3. The van der Waals surface area contributed by atoms with Crippen LogP contribution in [-0.2, 0) is 6.42 Å². The van der Waals surface area contributed by atoms with Gasteiger partial charge in [0.15, 0.2) is 0 Å². The molecular weight excluding hydrogens is 300 g/mol. The molecule has 0 atom stereocenters. The number of carbonyl (C=O) groups is 1. The van der Waals surface area contributed by atoms with E-state index in [2.05, 4.69) is 19.9 Å². The van der Waals surface area contributed by atoms with E-state index in [1.54, 1.807) is 0 Å². The van der Waals surface area contributed by atoms with Gasteiger partial charge in [-0.3, -0.25) is 4.79 Å². The Balaban J connectivity index is 2.27. The number of nitrogens with zero attached hydrogens (tertiary/aromatic N) is 2. The first-order valence-electron chi connectivity index (χ1n) is 8.89. The van der Waals surface area contributed by atoms with E-state index in [9.17, 15) is 4.79 Å². The number of fused-ring (bicyclic) bond motifs is 1. The molecule has 0 saturated carbocycles. The second-order valence-corrected chi connectivity index (χ2v) is 7.17. The molecule has 0 radical (unpaired) electrons. The molecule has 1 heterocycles. The lowest BCUT2D eigenvalue weighted by Gasteiger charge is -2.27. The van der Waals surface area contributed by atoms with Gasteiger partial charge in [-0.2, -0.15) is 5.26 Å². The number of hydrogen-bond donors (Lipinski definition) is 0. The smallest absolute Gasteiger partial charge is 0.257 e. The number of nitriles is 1. The molecule has 0 N–H and O–H groups in total. The Morgan fingerprint density at radius 3 is 2.71 bits per heavy atom. The van der Waals surface area contributed by atoms with Crippen molar-refractivity contribution >= 4 is 5.91 Å². The largest absolute Gasteiger partial charge is 0.486 e. The molecule has 1 aliphatic rings. The van der Waals surface area contributed by atoms with Crippen molar-refractivity contribution in [1.29, 1.82) is 5.26 Å². The second-order valence-electron chi connectivity index (χ2n) is 7.17. The predicted molar refractivity (Wildman–Crippen MR) is 95.1 cm³/mol. The van der Waals surface area contributed by atoms with Crippen LogP contribution in [0.15, 0.2) is 18.2 Å². The summed E-state index contributed by atoms with van der Waals surface area (Å²) >= 11 is 0. The lowest BCUT2D eigenvalue weighted by atomic mass is 9.99. The average molecular weight is 328 g/mol. The quantitative estimate of drug-likeness (QED) is 0.754. The van der Waals surface area contributed by atoms with Crippen LogP contribution in [0.4, 0.5) is 0 Å². The summed E-state index contributed by atoms with van der Waals surface area (Å²) in [4.78, 5) is 14.9. The Hall–Kier alpha value is -2.02. The molecule has 130 valence electrons. The highest BCUT2D eigenvalue weighted by atomic mass is 16.5. The van der Waals surface area contributed by atoms with E-state index < -0.39 is 0 Å². The monoisotopic (exact) mass is 328 g/mol. The van der Waals surface area contributed by atoms with Crippen molar-refractivity contribution in [2.75, 3.05) is 13.1 Å². The van der Waals surface area contributed by atoms with Crippen molar-refractivity contribution in [2.24, 2.45) is 5.92 Å². The Morgan fingerprint density at radius 1 is 1.38 bits per heavy atom. The number of rotatable bonds is 7. The molecule has 0 unspecified atom stereocenters. The maximum absolute atomic E-state index is 13.1. The third-order valence-electron chi connectivity index (χ3n) is 4.74. The lowest BCUT2D eigenvalue weighted by Crippen LogP contribution is -2.36. The van der Waals surface area contributed by atoms with Gasteiger partial charge in [0.2, 0.25) is 0 Å². The standard InChI is InChI=1S/C20H28N2O2/c1-5-15(6-2)14-22(12-8-11-21)19(23)17-10-7-9-16-13-20(3,4)24-18(16)17/h7,9-10,15H,5-6,8,12-14H2,1-4H3. The maximum Gasteiger partial charge on any atom is 0.257 e. The minimum atomic E-state index is -0.272. The van der Waals surface area contributed by atoms with Crippen molar-refractivity contribution < 1.29 is 9.53 Å². The van der Waals surface area contributed by atoms with Gasteiger partial charge in [-0.1, -0.05) is 38.8 Å². The number of para-hydroxylation sites is 1. The first kappa shape index (κ1) is 18.3. The van der Waals surface area contributed by atoms with E-state index in [-0.39, 0.29) is 11.5 Å². The lowest BCUT2D eigenvalue weighted by molar-refractivity contribution is 0.0717.